The SMILES string of the molecule is Fc1ccc(-c2ccccc2NC[C@@H]2CCNC2)cc1Cl. The minimum atomic E-state index is -0.386. The summed E-state index contributed by atoms with van der Waals surface area (Å²) in [6, 6.07) is 12.9. The van der Waals surface area contributed by atoms with Crippen LogP contribution < -0.4 is 10.6 Å². The Morgan fingerprint density at radius 3 is 2.86 bits per heavy atom. The van der Waals surface area contributed by atoms with Gasteiger partial charge in [-0.15, -0.1) is 0 Å². The van der Waals surface area contributed by atoms with Crippen LogP contribution in [0.1, 0.15) is 6.42 Å². The molecule has 1 atom stereocenters. The van der Waals surface area contributed by atoms with Gasteiger partial charge in [0, 0.05) is 17.8 Å². The van der Waals surface area contributed by atoms with E-state index >= 15 is 0 Å². The van der Waals surface area contributed by atoms with Gasteiger partial charge in [-0.1, -0.05) is 35.9 Å². The van der Waals surface area contributed by atoms with Crippen LogP contribution in [0.25, 0.3) is 11.1 Å². The molecule has 1 fully saturated rings. The van der Waals surface area contributed by atoms with Gasteiger partial charge in [0.05, 0.1) is 5.02 Å². The number of hydrogen-bond acceptors (Lipinski definition) is 2. The molecule has 1 saturated heterocycles. The molecule has 1 heterocycles. The van der Waals surface area contributed by atoms with Crippen molar-refractivity contribution in [2.75, 3.05) is 25.0 Å². The maximum Gasteiger partial charge on any atom is 0.141 e. The van der Waals surface area contributed by atoms with Gasteiger partial charge >= 0.3 is 0 Å². The van der Waals surface area contributed by atoms with Crippen molar-refractivity contribution in [1.29, 1.82) is 0 Å². The van der Waals surface area contributed by atoms with Crippen LogP contribution in [0.5, 0.6) is 0 Å². The van der Waals surface area contributed by atoms with Crippen molar-refractivity contribution in [2.45, 2.75) is 6.42 Å². The first kappa shape index (κ1) is 14.4. The van der Waals surface area contributed by atoms with Crippen LogP contribution in [-0.2, 0) is 0 Å². The third-order valence-electron chi connectivity index (χ3n) is 3.90. The lowest BCUT2D eigenvalue weighted by molar-refractivity contribution is 0.615. The highest BCUT2D eigenvalue weighted by molar-refractivity contribution is 6.31. The number of hydrogen-bond donors (Lipinski definition) is 2. The van der Waals surface area contributed by atoms with E-state index in [2.05, 4.69) is 16.7 Å². The van der Waals surface area contributed by atoms with Crippen LogP contribution in [0.4, 0.5) is 10.1 Å². The highest BCUT2D eigenvalue weighted by atomic mass is 35.5. The zero-order valence-electron chi connectivity index (χ0n) is 11.7. The molecule has 0 bridgehead atoms. The summed E-state index contributed by atoms with van der Waals surface area (Å²) < 4.78 is 13.3. The molecule has 0 aromatic heterocycles. The van der Waals surface area contributed by atoms with Crippen molar-refractivity contribution in [2.24, 2.45) is 5.92 Å². The Labute approximate surface area is 129 Å². The first-order chi connectivity index (χ1) is 10.2. The van der Waals surface area contributed by atoms with Crippen molar-refractivity contribution in [3.63, 3.8) is 0 Å². The van der Waals surface area contributed by atoms with Gasteiger partial charge in [-0.05, 0) is 49.2 Å². The molecule has 21 heavy (non-hydrogen) atoms. The van der Waals surface area contributed by atoms with Gasteiger partial charge in [0.25, 0.3) is 0 Å². The van der Waals surface area contributed by atoms with Gasteiger partial charge in [-0.2, -0.15) is 0 Å². The average molecular weight is 305 g/mol. The van der Waals surface area contributed by atoms with Crippen LogP contribution >= 0.6 is 11.6 Å². The second-order valence-corrected chi connectivity index (χ2v) is 5.82. The van der Waals surface area contributed by atoms with Crippen LogP contribution in [-0.4, -0.2) is 19.6 Å². The number of rotatable bonds is 4. The predicted octanol–water partition coefficient (Wildman–Crippen LogP) is 4.17. The van der Waals surface area contributed by atoms with E-state index in [1.165, 1.54) is 12.5 Å². The lowest BCUT2D eigenvalue weighted by Crippen LogP contribution is -2.17. The van der Waals surface area contributed by atoms with Crippen LogP contribution in [0.2, 0.25) is 5.02 Å². The lowest BCUT2D eigenvalue weighted by atomic mass is 10.0. The van der Waals surface area contributed by atoms with E-state index < -0.39 is 0 Å². The number of benzene rings is 2. The largest absolute Gasteiger partial charge is 0.384 e. The molecule has 0 radical (unpaired) electrons. The average Bonchev–Trinajstić information content (AvgIpc) is 3.02. The van der Waals surface area contributed by atoms with Crippen molar-refractivity contribution < 1.29 is 4.39 Å². The lowest BCUT2D eigenvalue weighted by Gasteiger charge is -2.15. The van der Waals surface area contributed by atoms with Crippen molar-refractivity contribution in [3.05, 3.63) is 53.3 Å². The van der Waals surface area contributed by atoms with Gasteiger partial charge < -0.3 is 10.6 Å². The molecule has 2 nitrogen and oxygen atoms in total. The predicted molar refractivity (Wildman–Crippen MR) is 86.3 cm³/mol. The molecule has 3 rings (SSSR count). The zero-order valence-corrected chi connectivity index (χ0v) is 12.5. The molecule has 110 valence electrons. The first-order valence-electron chi connectivity index (χ1n) is 7.23. The van der Waals surface area contributed by atoms with Crippen molar-refractivity contribution in [3.8, 4) is 11.1 Å². The smallest absolute Gasteiger partial charge is 0.141 e. The molecule has 0 unspecified atom stereocenters. The van der Waals surface area contributed by atoms with Gasteiger partial charge in [-0.25, -0.2) is 4.39 Å². The van der Waals surface area contributed by atoms with Crippen LogP contribution in [0.3, 0.4) is 0 Å². The van der Waals surface area contributed by atoms with Crippen molar-refractivity contribution in [1.82, 2.24) is 5.32 Å². The van der Waals surface area contributed by atoms with Gasteiger partial charge in [0.15, 0.2) is 0 Å². The van der Waals surface area contributed by atoms with Crippen molar-refractivity contribution >= 4 is 17.3 Å². The molecule has 0 aliphatic carbocycles. The Bertz CT molecular complexity index is 624. The van der Waals surface area contributed by atoms with E-state index in [9.17, 15) is 4.39 Å². The molecule has 1 aliphatic heterocycles. The normalized spacial score (nSPS) is 17.9. The standard InChI is InChI=1S/C17H18ClFN2/c18-15-9-13(5-6-16(15)19)14-3-1-2-4-17(14)21-11-12-7-8-20-10-12/h1-6,9,12,20-21H,7-8,10-11H2/t12-/m1/s1. The first-order valence-corrected chi connectivity index (χ1v) is 7.61. The molecular formula is C17H18ClFN2. The minimum absolute atomic E-state index is 0.155. The summed E-state index contributed by atoms with van der Waals surface area (Å²) in [7, 11) is 0. The van der Waals surface area contributed by atoms with Crippen LogP contribution in [0, 0.1) is 11.7 Å². The summed E-state index contributed by atoms with van der Waals surface area (Å²) in [6.45, 7) is 3.11. The van der Waals surface area contributed by atoms with Gasteiger partial charge in [-0.3, -0.25) is 0 Å². The Balaban J connectivity index is 1.82. The summed E-state index contributed by atoms with van der Waals surface area (Å²) in [5.74, 6) is 0.276. The molecular weight excluding hydrogens is 287 g/mol. The Morgan fingerprint density at radius 2 is 2.10 bits per heavy atom. The molecule has 4 heteroatoms. The summed E-state index contributed by atoms with van der Waals surface area (Å²) in [4.78, 5) is 0. The zero-order chi connectivity index (χ0) is 14.7. The fourth-order valence-electron chi connectivity index (χ4n) is 2.70. The third kappa shape index (κ3) is 3.36. The van der Waals surface area contributed by atoms with E-state index in [1.807, 2.05) is 18.2 Å². The summed E-state index contributed by atoms with van der Waals surface area (Å²) in [6.07, 6.45) is 1.21. The fourth-order valence-corrected chi connectivity index (χ4v) is 2.88. The molecule has 0 amide bonds. The second-order valence-electron chi connectivity index (χ2n) is 5.41. The highest BCUT2D eigenvalue weighted by Crippen LogP contribution is 2.30. The maximum absolute atomic E-state index is 13.3. The van der Waals surface area contributed by atoms with Gasteiger partial charge in [0.2, 0.25) is 0 Å². The van der Waals surface area contributed by atoms with Gasteiger partial charge in [0.1, 0.15) is 5.82 Å². The van der Waals surface area contributed by atoms with Crippen LogP contribution in [0.15, 0.2) is 42.5 Å². The summed E-state index contributed by atoms with van der Waals surface area (Å²) in [5.41, 5.74) is 3.03. The van der Waals surface area contributed by atoms with E-state index in [1.54, 1.807) is 12.1 Å². The molecule has 0 spiro atoms. The number of nitrogens with one attached hydrogen (secondary N) is 2. The second kappa shape index (κ2) is 6.46. The Morgan fingerprint density at radius 1 is 1.24 bits per heavy atom. The van der Waals surface area contributed by atoms with E-state index in [0.29, 0.717) is 5.92 Å². The quantitative estimate of drug-likeness (QED) is 0.886. The minimum Gasteiger partial charge on any atom is -0.384 e. The van der Waals surface area contributed by atoms with E-state index in [0.717, 1.165) is 36.4 Å². The monoisotopic (exact) mass is 304 g/mol. The number of para-hydroxylation sites is 1. The molecule has 2 aromatic rings. The fraction of sp³-hybridized carbons (Fsp3) is 0.294. The topological polar surface area (TPSA) is 24.1 Å². The molecule has 0 saturated carbocycles. The Hall–Kier alpha value is -1.58. The third-order valence-corrected chi connectivity index (χ3v) is 4.19. The highest BCUT2D eigenvalue weighted by Gasteiger charge is 2.14. The number of halogens is 2. The molecule has 1 aliphatic rings. The Kier molecular flexibility index (Phi) is 4.42. The number of anilines is 1. The molecule has 2 aromatic carbocycles. The molecule has 2 N–H and O–H groups in total. The van der Waals surface area contributed by atoms with E-state index in [-0.39, 0.29) is 10.8 Å². The maximum atomic E-state index is 13.3. The summed E-state index contributed by atoms with van der Waals surface area (Å²) >= 11 is 5.89. The van der Waals surface area contributed by atoms with E-state index in [4.69, 9.17) is 11.6 Å². The summed E-state index contributed by atoms with van der Waals surface area (Å²) in [5, 5.41) is 7.04.